The largest absolute Gasteiger partial charge is 0.493 e. The van der Waals surface area contributed by atoms with Gasteiger partial charge in [-0.1, -0.05) is 0 Å². The number of fused-ring (bicyclic) bond motifs is 1. The average molecular weight is 528 g/mol. The van der Waals surface area contributed by atoms with Gasteiger partial charge in [-0.2, -0.15) is 0 Å². The number of nitrogens with one attached hydrogen (secondary N) is 3. The highest BCUT2D eigenvalue weighted by Gasteiger charge is 2.28. The molecule has 0 unspecified atom stereocenters. The van der Waals surface area contributed by atoms with Crippen LogP contribution < -0.4 is 15.4 Å². The first kappa shape index (κ1) is 26.0. The van der Waals surface area contributed by atoms with E-state index in [0.29, 0.717) is 77.5 Å². The molecule has 3 aromatic rings. The molecule has 2 aliphatic carbocycles. The molecule has 0 spiro atoms. The van der Waals surface area contributed by atoms with Crippen molar-refractivity contribution in [1.82, 2.24) is 25.6 Å². The fraction of sp³-hybridized carbons (Fsp3) is 0.481. The molecule has 0 atom stereocenters. The summed E-state index contributed by atoms with van der Waals surface area (Å²) >= 11 is 0. The molecular formula is C27H31F2N5O4. The third kappa shape index (κ3) is 5.62. The fourth-order valence-electron chi connectivity index (χ4n) is 5.00. The van der Waals surface area contributed by atoms with Crippen LogP contribution in [0.4, 0.5) is 8.78 Å². The SMILES string of the molecule is Cc1[nH]c2c(-c3cc(C(F)F)ccc3OCC3CC3)ncnc2c1C(=O)N[C@H]1CC[C@@H](NC(=O)CO)CC1. The van der Waals surface area contributed by atoms with E-state index in [1.165, 1.54) is 18.5 Å². The van der Waals surface area contributed by atoms with Crippen molar-refractivity contribution >= 4 is 22.8 Å². The molecule has 9 nitrogen and oxygen atoms in total. The number of ether oxygens (including phenoxy) is 1. The molecule has 202 valence electrons. The molecular weight excluding hydrogens is 496 g/mol. The van der Waals surface area contributed by atoms with Gasteiger partial charge in [-0.25, -0.2) is 18.7 Å². The van der Waals surface area contributed by atoms with Gasteiger partial charge < -0.3 is 25.5 Å². The standard InChI is InChI=1S/C27H31F2N5O4/c1-14-22(27(37)34-18-7-5-17(6-8-18)33-21(36)11-35)24-25(32-14)23(30-13-31-24)19-10-16(26(28)29)4-9-20(19)38-12-15-2-3-15/h4,9-10,13,15,17-18,26,32,35H,2-3,5-8,11-12H2,1H3,(H,33,36)(H,34,37)/t17-,18+. The molecule has 0 radical (unpaired) electrons. The van der Waals surface area contributed by atoms with Crippen molar-refractivity contribution in [2.75, 3.05) is 13.2 Å². The van der Waals surface area contributed by atoms with Gasteiger partial charge in [0.15, 0.2) is 0 Å². The Hall–Kier alpha value is -3.60. The topological polar surface area (TPSA) is 129 Å². The number of alkyl halides is 2. The first-order chi connectivity index (χ1) is 18.3. The Morgan fingerprint density at radius 2 is 1.82 bits per heavy atom. The maximum Gasteiger partial charge on any atom is 0.263 e. The summed E-state index contributed by atoms with van der Waals surface area (Å²) in [5, 5.41) is 14.8. The van der Waals surface area contributed by atoms with Crippen LogP contribution in [0.1, 0.15) is 66.6 Å². The van der Waals surface area contributed by atoms with E-state index in [-0.39, 0.29) is 23.6 Å². The number of nitrogens with zero attached hydrogens (tertiary/aromatic N) is 2. The second-order valence-corrected chi connectivity index (χ2v) is 10.1. The number of aliphatic hydroxyl groups excluding tert-OH is 1. The van der Waals surface area contributed by atoms with Crippen LogP contribution in [-0.4, -0.2) is 57.2 Å². The summed E-state index contributed by atoms with van der Waals surface area (Å²) in [7, 11) is 0. The van der Waals surface area contributed by atoms with E-state index in [1.54, 1.807) is 13.0 Å². The maximum absolute atomic E-state index is 13.6. The summed E-state index contributed by atoms with van der Waals surface area (Å²) in [4.78, 5) is 36.7. The lowest BCUT2D eigenvalue weighted by molar-refractivity contribution is -0.124. The zero-order chi connectivity index (χ0) is 26.8. The van der Waals surface area contributed by atoms with E-state index in [9.17, 15) is 18.4 Å². The van der Waals surface area contributed by atoms with Gasteiger partial charge >= 0.3 is 0 Å². The molecule has 0 saturated heterocycles. The smallest absolute Gasteiger partial charge is 0.263 e. The summed E-state index contributed by atoms with van der Waals surface area (Å²) in [6.07, 6.45) is 3.63. The number of hydrogen-bond donors (Lipinski definition) is 4. The first-order valence-corrected chi connectivity index (χ1v) is 12.9. The van der Waals surface area contributed by atoms with Crippen LogP contribution in [0.25, 0.3) is 22.3 Å². The highest BCUT2D eigenvalue weighted by molar-refractivity contribution is 6.09. The Bertz CT molecular complexity index is 1330. The number of aromatic amines is 1. The summed E-state index contributed by atoms with van der Waals surface area (Å²) in [6, 6.07) is 4.21. The van der Waals surface area contributed by atoms with Gasteiger partial charge in [0.1, 0.15) is 29.9 Å². The predicted molar refractivity (Wildman–Crippen MR) is 136 cm³/mol. The summed E-state index contributed by atoms with van der Waals surface area (Å²) in [6.45, 7) is 1.74. The molecule has 5 rings (SSSR count). The number of amides is 2. The molecule has 2 amide bonds. The summed E-state index contributed by atoms with van der Waals surface area (Å²) < 4.78 is 33.1. The molecule has 2 fully saturated rings. The van der Waals surface area contributed by atoms with E-state index < -0.39 is 18.9 Å². The maximum atomic E-state index is 13.6. The zero-order valence-electron chi connectivity index (χ0n) is 21.1. The third-order valence-corrected chi connectivity index (χ3v) is 7.25. The molecule has 2 aliphatic rings. The van der Waals surface area contributed by atoms with Gasteiger partial charge in [-0.15, -0.1) is 0 Å². The number of rotatable bonds is 9. The quantitative estimate of drug-likeness (QED) is 0.335. The number of H-pyrrole nitrogens is 1. The number of aliphatic hydroxyl groups is 1. The van der Waals surface area contributed by atoms with Gasteiger partial charge in [0.25, 0.3) is 12.3 Å². The second-order valence-electron chi connectivity index (χ2n) is 10.1. The van der Waals surface area contributed by atoms with Crippen molar-refractivity contribution in [3.63, 3.8) is 0 Å². The Balaban J connectivity index is 1.40. The zero-order valence-corrected chi connectivity index (χ0v) is 21.1. The third-order valence-electron chi connectivity index (χ3n) is 7.25. The van der Waals surface area contributed by atoms with E-state index >= 15 is 0 Å². The minimum atomic E-state index is -2.65. The fourth-order valence-corrected chi connectivity index (χ4v) is 5.00. The molecule has 2 saturated carbocycles. The van der Waals surface area contributed by atoms with Crippen LogP contribution >= 0.6 is 0 Å². The molecule has 1 aromatic carbocycles. The highest BCUT2D eigenvalue weighted by Crippen LogP contribution is 2.38. The van der Waals surface area contributed by atoms with Crippen molar-refractivity contribution in [1.29, 1.82) is 0 Å². The number of aryl methyl sites for hydroxylation is 1. The Labute approximate surface area is 218 Å². The molecule has 2 heterocycles. The average Bonchev–Trinajstić information content (AvgIpc) is 3.67. The number of carbonyl (C=O) groups is 2. The van der Waals surface area contributed by atoms with Gasteiger partial charge in [0, 0.05) is 28.9 Å². The normalized spacial score (nSPS) is 19.5. The lowest BCUT2D eigenvalue weighted by Crippen LogP contribution is -2.44. The van der Waals surface area contributed by atoms with Crippen LogP contribution in [0.3, 0.4) is 0 Å². The predicted octanol–water partition coefficient (Wildman–Crippen LogP) is 3.81. The Kier molecular flexibility index (Phi) is 7.55. The second kappa shape index (κ2) is 11.0. The minimum absolute atomic E-state index is 0.0201. The van der Waals surface area contributed by atoms with Crippen LogP contribution in [0.5, 0.6) is 5.75 Å². The lowest BCUT2D eigenvalue weighted by Gasteiger charge is -2.29. The van der Waals surface area contributed by atoms with Crippen LogP contribution in [0.2, 0.25) is 0 Å². The van der Waals surface area contributed by atoms with Crippen molar-refractivity contribution in [3.05, 3.63) is 41.3 Å². The van der Waals surface area contributed by atoms with Gasteiger partial charge in [-0.3, -0.25) is 9.59 Å². The van der Waals surface area contributed by atoms with Crippen molar-refractivity contribution < 1.29 is 28.2 Å². The molecule has 4 N–H and O–H groups in total. The molecule has 11 heteroatoms. The number of carbonyl (C=O) groups excluding carboxylic acids is 2. The van der Waals surface area contributed by atoms with Gasteiger partial charge in [0.05, 0.1) is 17.7 Å². The number of aromatic nitrogens is 3. The van der Waals surface area contributed by atoms with Gasteiger partial charge in [0.2, 0.25) is 5.91 Å². The minimum Gasteiger partial charge on any atom is -0.493 e. The molecule has 38 heavy (non-hydrogen) atoms. The van der Waals surface area contributed by atoms with E-state index in [1.807, 2.05) is 0 Å². The number of hydrogen-bond acceptors (Lipinski definition) is 6. The number of halogens is 2. The van der Waals surface area contributed by atoms with Crippen molar-refractivity contribution in [2.24, 2.45) is 5.92 Å². The summed E-state index contributed by atoms with van der Waals surface area (Å²) in [5.41, 5.74) is 2.53. The van der Waals surface area contributed by atoms with E-state index in [2.05, 4.69) is 25.6 Å². The molecule has 0 bridgehead atoms. The molecule has 0 aliphatic heterocycles. The van der Waals surface area contributed by atoms with E-state index in [0.717, 1.165) is 12.8 Å². The highest BCUT2D eigenvalue weighted by atomic mass is 19.3. The lowest BCUT2D eigenvalue weighted by atomic mass is 9.91. The van der Waals surface area contributed by atoms with Gasteiger partial charge in [-0.05, 0) is 69.6 Å². The number of benzene rings is 1. The first-order valence-electron chi connectivity index (χ1n) is 12.9. The van der Waals surface area contributed by atoms with Crippen LogP contribution in [0, 0.1) is 12.8 Å². The Morgan fingerprint density at radius 3 is 2.47 bits per heavy atom. The van der Waals surface area contributed by atoms with E-state index in [4.69, 9.17) is 9.84 Å². The summed E-state index contributed by atoms with van der Waals surface area (Å²) in [5.74, 6) is 0.257. The monoisotopic (exact) mass is 527 g/mol. The Morgan fingerprint density at radius 1 is 1.11 bits per heavy atom. The van der Waals surface area contributed by atoms with Crippen molar-refractivity contribution in [2.45, 2.75) is 64.0 Å². The van der Waals surface area contributed by atoms with Crippen molar-refractivity contribution in [3.8, 4) is 17.0 Å². The molecule has 2 aromatic heterocycles. The van der Waals surface area contributed by atoms with Crippen LogP contribution in [-0.2, 0) is 4.79 Å². The van der Waals surface area contributed by atoms with Crippen LogP contribution in [0.15, 0.2) is 24.5 Å².